The lowest BCUT2D eigenvalue weighted by molar-refractivity contribution is 0.306. The van der Waals surface area contributed by atoms with Gasteiger partial charge in [-0.3, -0.25) is 0 Å². The topological polar surface area (TPSA) is 39.4 Å². The number of hydrogen-bond acceptors (Lipinski definition) is 3. The third-order valence-electron chi connectivity index (χ3n) is 5.43. The van der Waals surface area contributed by atoms with Crippen molar-refractivity contribution in [3.63, 3.8) is 0 Å². The Hall–Kier alpha value is -3.14. The number of ether oxygens (including phenoxy) is 1. The minimum Gasteiger partial charge on any atom is -0.489 e. The van der Waals surface area contributed by atoms with Crippen molar-refractivity contribution in [1.82, 2.24) is 14.6 Å². The van der Waals surface area contributed by atoms with E-state index in [1.165, 1.54) is 47.3 Å². The Morgan fingerprint density at radius 2 is 1.68 bits per heavy atom. The molecule has 0 saturated heterocycles. The van der Waals surface area contributed by atoms with Gasteiger partial charge in [-0.1, -0.05) is 36.8 Å². The van der Waals surface area contributed by atoms with Crippen LogP contribution in [0.2, 0.25) is 0 Å². The molecule has 1 aliphatic rings. The third-order valence-corrected chi connectivity index (χ3v) is 5.43. The molecule has 1 aliphatic carbocycles. The zero-order chi connectivity index (χ0) is 18.8. The molecule has 5 rings (SSSR count). The molecule has 0 spiro atoms. The molecule has 28 heavy (non-hydrogen) atoms. The Morgan fingerprint density at radius 3 is 2.54 bits per heavy atom. The van der Waals surface area contributed by atoms with Crippen molar-refractivity contribution in [1.29, 1.82) is 0 Å². The van der Waals surface area contributed by atoms with E-state index in [2.05, 4.69) is 41.5 Å². The Kier molecular flexibility index (Phi) is 4.53. The molecule has 4 aromatic rings. The van der Waals surface area contributed by atoms with Gasteiger partial charge in [0, 0.05) is 22.9 Å². The molecule has 0 saturated carbocycles. The number of rotatable bonds is 4. The van der Waals surface area contributed by atoms with Crippen molar-refractivity contribution < 1.29 is 4.74 Å². The number of aromatic nitrogens is 3. The van der Waals surface area contributed by atoms with E-state index in [1.807, 2.05) is 35.0 Å². The van der Waals surface area contributed by atoms with Gasteiger partial charge in [0.2, 0.25) is 0 Å². The second-order valence-corrected chi connectivity index (χ2v) is 7.35. The van der Waals surface area contributed by atoms with E-state index in [-0.39, 0.29) is 0 Å². The van der Waals surface area contributed by atoms with Crippen LogP contribution in [0.4, 0.5) is 0 Å². The second-order valence-electron chi connectivity index (χ2n) is 7.35. The van der Waals surface area contributed by atoms with Crippen molar-refractivity contribution in [2.75, 3.05) is 0 Å². The first kappa shape index (κ1) is 17.0. The Bertz CT molecular complexity index is 1080. The summed E-state index contributed by atoms with van der Waals surface area (Å²) in [7, 11) is 0. The first-order valence-electron chi connectivity index (χ1n) is 10.0. The molecule has 0 fully saturated rings. The molecular formula is C24H23N3O. The van der Waals surface area contributed by atoms with Crippen LogP contribution in [0.1, 0.15) is 36.1 Å². The van der Waals surface area contributed by atoms with Crippen LogP contribution in [0, 0.1) is 0 Å². The second kappa shape index (κ2) is 7.47. The molecule has 2 aromatic carbocycles. The number of aryl methyl sites for hydroxylation is 1. The summed E-state index contributed by atoms with van der Waals surface area (Å²) in [5.74, 6) is 0.879. The average molecular weight is 369 g/mol. The van der Waals surface area contributed by atoms with E-state index in [9.17, 15) is 0 Å². The van der Waals surface area contributed by atoms with Crippen molar-refractivity contribution >= 4 is 5.65 Å². The lowest BCUT2D eigenvalue weighted by Crippen LogP contribution is -2.06. The Labute approximate surface area is 164 Å². The van der Waals surface area contributed by atoms with Gasteiger partial charge < -0.3 is 4.74 Å². The van der Waals surface area contributed by atoms with Crippen molar-refractivity contribution in [2.24, 2.45) is 0 Å². The summed E-state index contributed by atoms with van der Waals surface area (Å²) in [5.41, 5.74) is 7.05. The van der Waals surface area contributed by atoms with Crippen LogP contribution in [0.25, 0.3) is 16.9 Å². The van der Waals surface area contributed by atoms with E-state index in [1.54, 1.807) is 0 Å². The van der Waals surface area contributed by atoms with Crippen molar-refractivity contribution in [2.45, 2.75) is 38.7 Å². The van der Waals surface area contributed by atoms with Gasteiger partial charge >= 0.3 is 0 Å². The smallest absolute Gasteiger partial charge is 0.155 e. The minimum atomic E-state index is 0.578. The maximum absolute atomic E-state index is 5.95. The van der Waals surface area contributed by atoms with Crippen molar-refractivity contribution in [3.8, 4) is 17.0 Å². The maximum Gasteiger partial charge on any atom is 0.155 e. The molecule has 0 amide bonds. The standard InChI is InChI=1S/C24H23N3O/c1-3-7-18(8-4-1)17-28-20-13-11-19(12-14-20)24-21-9-5-2-6-10-22(21)26-23-15-16-25-27(23)24/h1,3-4,7-8,11-16H,2,5-6,9-10,17H2. The van der Waals surface area contributed by atoms with Gasteiger partial charge in [-0.05, 0) is 55.5 Å². The summed E-state index contributed by atoms with van der Waals surface area (Å²) in [6.45, 7) is 0.578. The van der Waals surface area contributed by atoms with Gasteiger partial charge in [0.1, 0.15) is 12.4 Å². The zero-order valence-corrected chi connectivity index (χ0v) is 15.8. The van der Waals surface area contributed by atoms with Crippen LogP contribution in [0.5, 0.6) is 5.75 Å². The van der Waals surface area contributed by atoms with Gasteiger partial charge in [-0.15, -0.1) is 0 Å². The molecule has 0 atom stereocenters. The van der Waals surface area contributed by atoms with Gasteiger partial charge in [-0.2, -0.15) is 5.10 Å². The summed E-state index contributed by atoms with van der Waals surface area (Å²) >= 11 is 0. The Balaban J connectivity index is 1.48. The first-order valence-corrected chi connectivity index (χ1v) is 10.0. The summed E-state index contributed by atoms with van der Waals surface area (Å²) in [6.07, 6.45) is 7.66. The van der Waals surface area contributed by atoms with E-state index >= 15 is 0 Å². The lowest BCUT2D eigenvalue weighted by Gasteiger charge is -2.15. The van der Waals surface area contributed by atoms with Gasteiger partial charge in [0.05, 0.1) is 11.9 Å². The summed E-state index contributed by atoms with van der Waals surface area (Å²) in [5, 5.41) is 4.56. The molecule has 0 aliphatic heterocycles. The number of hydrogen-bond donors (Lipinski definition) is 0. The summed E-state index contributed by atoms with van der Waals surface area (Å²) in [4.78, 5) is 4.88. The molecule has 0 bridgehead atoms. The number of nitrogens with zero attached hydrogens (tertiary/aromatic N) is 3. The fraction of sp³-hybridized carbons (Fsp3) is 0.250. The van der Waals surface area contributed by atoms with Crippen LogP contribution in [0.15, 0.2) is 66.9 Å². The minimum absolute atomic E-state index is 0.578. The van der Waals surface area contributed by atoms with Gasteiger partial charge in [0.15, 0.2) is 5.65 Å². The van der Waals surface area contributed by atoms with Crippen LogP contribution < -0.4 is 4.74 Å². The van der Waals surface area contributed by atoms with E-state index in [0.717, 1.165) is 24.2 Å². The summed E-state index contributed by atoms with van der Waals surface area (Å²) < 4.78 is 7.94. The highest BCUT2D eigenvalue weighted by Crippen LogP contribution is 2.31. The molecule has 4 nitrogen and oxygen atoms in total. The number of benzene rings is 2. The quantitative estimate of drug-likeness (QED) is 0.462. The maximum atomic E-state index is 5.95. The van der Waals surface area contributed by atoms with Crippen molar-refractivity contribution in [3.05, 3.63) is 83.7 Å². The molecule has 0 N–H and O–H groups in total. The highest BCUT2D eigenvalue weighted by molar-refractivity contribution is 5.68. The lowest BCUT2D eigenvalue weighted by atomic mass is 10.0. The van der Waals surface area contributed by atoms with Crippen LogP contribution in [-0.2, 0) is 19.4 Å². The van der Waals surface area contributed by atoms with Crippen LogP contribution >= 0.6 is 0 Å². The molecular weight excluding hydrogens is 346 g/mol. The van der Waals surface area contributed by atoms with Gasteiger partial charge in [0.25, 0.3) is 0 Å². The van der Waals surface area contributed by atoms with Crippen LogP contribution in [0.3, 0.4) is 0 Å². The highest BCUT2D eigenvalue weighted by atomic mass is 16.5. The predicted molar refractivity (Wildman–Crippen MR) is 110 cm³/mol. The highest BCUT2D eigenvalue weighted by Gasteiger charge is 2.19. The zero-order valence-electron chi connectivity index (χ0n) is 15.8. The fourth-order valence-electron chi connectivity index (χ4n) is 4.01. The molecule has 0 radical (unpaired) electrons. The summed E-state index contributed by atoms with van der Waals surface area (Å²) in [6, 6.07) is 20.6. The first-order chi connectivity index (χ1) is 13.9. The Morgan fingerprint density at radius 1 is 0.857 bits per heavy atom. The van der Waals surface area contributed by atoms with E-state index < -0.39 is 0 Å². The molecule has 0 unspecified atom stereocenters. The molecule has 2 aromatic heterocycles. The molecule has 4 heteroatoms. The van der Waals surface area contributed by atoms with Crippen LogP contribution in [-0.4, -0.2) is 14.6 Å². The SMILES string of the molecule is c1ccc(COc2ccc(-c3c4c(nc5ccnn35)CCCCC4)cc2)cc1. The van der Waals surface area contributed by atoms with E-state index in [4.69, 9.17) is 9.72 Å². The van der Waals surface area contributed by atoms with Gasteiger partial charge in [-0.25, -0.2) is 9.50 Å². The van der Waals surface area contributed by atoms with E-state index in [0.29, 0.717) is 6.61 Å². The monoisotopic (exact) mass is 369 g/mol. The normalized spacial score (nSPS) is 13.9. The fourth-order valence-corrected chi connectivity index (χ4v) is 4.01. The predicted octanol–water partition coefficient (Wildman–Crippen LogP) is 5.24. The molecule has 2 heterocycles. The average Bonchev–Trinajstić information content (AvgIpc) is 3.08. The molecule has 140 valence electrons. The number of fused-ring (bicyclic) bond motifs is 2. The largest absolute Gasteiger partial charge is 0.489 e. The third kappa shape index (κ3) is 3.26.